The van der Waals surface area contributed by atoms with Crippen molar-refractivity contribution in [2.45, 2.75) is 45.6 Å². The van der Waals surface area contributed by atoms with E-state index in [1.165, 1.54) is 25.9 Å². The third-order valence-corrected chi connectivity index (χ3v) is 6.30. The molecular weight excluding hydrogens is 352 g/mol. The lowest BCUT2D eigenvalue weighted by molar-refractivity contribution is -0.131. The molecule has 1 atom stereocenters. The molecule has 0 bridgehead atoms. The molecule has 28 heavy (non-hydrogen) atoms. The zero-order valence-corrected chi connectivity index (χ0v) is 18.2. The summed E-state index contributed by atoms with van der Waals surface area (Å²) in [5, 5.41) is 3.63. The van der Waals surface area contributed by atoms with Crippen molar-refractivity contribution in [2.75, 3.05) is 72.5 Å². The molecule has 3 saturated heterocycles. The number of nitrogens with one attached hydrogen (secondary N) is 1. The van der Waals surface area contributed by atoms with E-state index in [0.29, 0.717) is 18.5 Å². The molecule has 160 valence electrons. The van der Waals surface area contributed by atoms with E-state index in [1.807, 2.05) is 11.9 Å². The molecule has 0 saturated carbocycles. The van der Waals surface area contributed by atoms with Crippen LogP contribution in [0, 0.1) is 5.92 Å². The van der Waals surface area contributed by atoms with Crippen molar-refractivity contribution in [1.29, 1.82) is 0 Å². The van der Waals surface area contributed by atoms with Gasteiger partial charge in [-0.3, -0.25) is 19.6 Å². The summed E-state index contributed by atoms with van der Waals surface area (Å²) in [6, 6.07) is 0.624. The topological polar surface area (TPSA) is 54.4 Å². The molecule has 1 amide bonds. The fourth-order valence-electron chi connectivity index (χ4n) is 4.75. The Morgan fingerprint density at radius 3 is 2.36 bits per heavy atom. The molecular formula is C21H40N6O. The summed E-state index contributed by atoms with van der Waals surface area (Å²) < 4.78 is 0. The fourth-order valence-corrected chi connectivity index (χ4v) is 4.75. The summed E-state index contributed by atoms with van der Waals surface area (Å²) in [4.78, 5) is 26.2. The minimum atomic E-state index is 0.305. The van der Waals surface area contributed by atoms with Gasteiger partial charge in [-0.2, -0.15) is 0 Å². The normalized spacial score (nSPS) is 25.1. The van der Waals surface area contributed by atoms with Gasteiger partial charge < -0.3 is 15.1 Å². The number of hydrogen-bond acceptors (Lipinski definition) is 4. The first-order valence-electron chi connectivity index (χ1n) is 11.3. The van der Waals surface area contributed by atoms with E-state index < -0.39 is 0 Å². The first kappa shape index (κ1) is 21.4. The van der Waals surface area contributed by atoms with E-state index in [0.717, 1.165) is 70.5 Å². The van der Waals surface area contributed by atoms with Gasteiger partial charge >= 0.3 is 0 Å². The number of aliphatic imine (C=N–C) groups is 1. The van der Waals surface area contributed by atoms with Crippen molar-refractivity contribution in [1.82, 2.24) is 24.9 Å². The molecule has 3 aliphatic rings. The van der Waals surface area contributed by atoms with E-state index in [-0.39, 0.29) is 0 Å². The standard InChI is InChI=1S/C21H40N6O/c1-18(2)16-27-10-6-7-19(27)15-23-21(22-3)26-13-11-24(12-14-26)17-20(28)25-8-4-5-9-25/h18-19H,4-17H2,1-3H3,(H,22,23)/t19-/m1/s1. The van der Waals surface area contributed by atoms with Crippen LogP contribution in [0.3, 0.4) is 0 Å². The van der Waals surface area contributed by atoms with Crippen molar-refractivity contribution in [3.05, 3.63) is 0 Å². The van der Waals surface area contributed by atoms with E-state index in [2.05, 4.69) is 38.9 Å². The first-order valence-corrected chi connectivity index (χ1v) is 11.3. The molecule has 3 rings (SSSR count). The number of rotatable bonds is 6. The molecule has 7 heteroatoms. The molecule has 0 unspecified atom stereocenters. The predicted molar refractivity (Wildman–Crippen MR) is 115 cm³/mol. The number of hydrogen-bond donors (Lipinski definition) is 1. The second-order valence-electron chi connectivity index (χ2n) is 8.96. The third kappa shape index (κ3) is 5.83. The van der Waals surface area contributed by atoms with Crippen LogP contribution in [0.25, 0.3) is 0 Å². The highest BCUT2D eigenvalue weighted by Gasteiger charge is 2.27. The Hall–Kier alpha value is -1.34. The van der Waals surface area contributed by atoms with Crippen molar-refractivity contribution >= 4 is 11.9 Å². The van der Waals surface area contributed by atoms with Gasteiger partial charge in [0.1, 0.15) is 0 Å². The summed E-state index contributed by atoms with van der Waals surface area (Å²) in [6.07, 6.45) is 4.92. The van der Waals surface area contributed by atoms with Gasteiger partial charge in [0.2, 0.25) is 5.91 Å². The highest BCUT2D eigenvalue weighted by Crippen LogP contribution is 2.18. The largest absolute Gasteiger partial charge is 0.355 e. The van der Waals surface area contributed by atoms with E-state index in [1.54, 1.807) is 0 Å². The van der Waals surface area contributed by atoms with Crippen LogP contribution in [0.5, 0.6) is 0 Å². The summed E-state index contributed by atoms with van der Waals surface area (Å²) in [7, 11) is 1.88. The van der Waals surface area contributed by atoms with Gasteiger partial charge in [0.25, 0.3) is 0 Å². The van der Waals surface area contributed by atoms with Gasteiger partial charge in [-0.1, -0.05) is 13.8 Å². The lowest BCUT2D eigenvalue weighted by Gasteiger charge is -2.37. The van der Waals surface area contributed by atoms with Crippen LogP contribution in [0.4, 0.5) is 0 Å². The number of guanidine groups is 1. The lowest BCUT2D eigenvalue weighted by Crippen LogP contribution is -2.55. The van der Waals surface area contributed by atoms with Crippen LogP contribution < -0.4 is 5.32 Å². The molecule has 0 aromatic heterocycles. The second kappa shape index (κ2) is 10.4. The van der Waals surface area contributed by atoms with Gasteiger partial charge in [-0.05, 0) is 38.1 Å². The Labute approximate surface area is 171 Å². The maximum absolute atomic E-state index is 12.4. The van der Waals surface area contributed by atoms with Crippen LogP contribution in [0.2, 0.25) is 0 Å². The summed E-state index contributed by atoms with van der Waals surface area (Å²) in [5.41, 5.74) is 0. The van der Waals surface area contributed by atoms with Crippen molar-refractivity contribution in [3.8, 4) is 0 Å². The molecule has 3 heterocycles. The summed E-state index contributed by atoms with van der Waals surface area (Å²) in [5.74, 6) is 2.04. The highest BCUT2D eigenvalue weighted by atomic mass is 16.2. The minimum Gasteiger partial charge on any atom is -0.355 e. The second-order valence-corrected chi connectivity index (χ2v) is 8.96. The molecule has 0 radical (unpaired) electrons. The Kier molecular flexibility index (Phi) is 7.97. The third-order valence-electron chi connectivity index (χ3n) is 6.30. The van der Waals surface area contributed by atoms with Gasteiger partial charge in [-0.25, -0.2) is 0 Å². The number of piperazine rings is 1. The quantitative estimate of drug-likeness (QED) is 0.538. The van der Waals surface area contributed by atoms with Gasteiger partial charge in [0, 0.05) is 65.4 Å². The van der Waals surface area contributed by atoms with Crippen LogP contribution in [-0.4, -0.2) is 110 Å². The number of carbonyl (C=O) groups excluding carboxylic acids is 1. The van der Waals surface area contributed by atoms with Gasteiger partial charge in [0.05, 0.1) is 6.54 Å². The Balaban J connectivity index is 1.40. The van der Waals surface area contributed by atoms with Gasteiger partial charge in [0.15, 0.2) is 5.96 Å². The fraction of sp³-hybridized carbons (Fsp3) is 0.905. The molecule has 0 aromatic carbocycles. The molecule has 0 aromatic rings. The maximum Gasteiger partial charge on any atom is 0.236 e. The molecule has 0 aliphatic carbocycles. The molecule has 3 aliphatic heterocycles. The average molecular weight is 393 g/mol. The Bertz CT molecular complexity index is 523. The zero-order valence-electron chi connectivity index (χ0n) is 18.2. The van der Waals surface area contributed by atoms with E-state index >= 15 is 0 Å². The average Bonchev–Trinajstić information content (AvgIpc) is 3.35. The van der Waals surface area contributed by atoms with Gasteiger partial charge in [-0.15, -0.1) is 0 Å². The smallest absolute Gasteiger partial charge is 0.236 e. The predicted octanol–water partition coefficient (Wildman–Crippen LogP) is 0.922. The highest BCUT2D eigenvalue weighted by molar-refractivity contribution is 5.80. The number of carbonyl (C=O) groups is 1. The summed E-state index contributed by atoms with van der Waals surface area (Å²) in [6.45, 7) is 14.2. The molecule has 1 N–H and O–H groups in total. The van der Waals surface area contributed by atoms with Crippen molar-refractivity contribution in [2.24, 2.45) is 10.9 Å². The SMILES string of the molecule is CN=C(NC[C@H]1CCCN1CC(C)C)N1CCN(CC(=O)N2CCCC2)CC1. The first-order chi connectivity index (χ1) is 13.6. The Morgan fingerprint density at radius 1 is 1.00 bits per heavy atom. The lowest BCUT2D eigenvalue weighted by atomic mass is 10.1. The molecule has 7 nitrogen and oxygen atoms in total. The van der Waals surface area contributed by atoms with Crippen molar-refractivity contribution < 1.29 is 4.79 Å². The van der Waals surface area contributed by atoms with Crippen LogP contribution in [0.1, 0.15) is 39.5 Å². The number of nitrogens with zero attached hydrogens (tertiary/aromatic N) is 5. The van der Waals surface area contributed by atoms with E-state index in [9.17, 15) is 4.79 Å². The minimum absolute atomic E-state index is 0.305. The Morgan fingerprint density at radius 2 is 1.71 bits per heavy atom. The van der Waals surface area contributed by atoms with Crippen LogP contribution in [0.15, 0.2) is 4.99 Å². The zero-order chi connectivity index (χ0) is 19.9. The number of likely N-dealkylation sites (tertiary alicyclic amines) is 2. The maximum atomic E-state index is 12.4. The molecule has 0 spiro atoms. The van der Waals surface area contributed by atoms with Crippen LogP contribution in [-0.2, 0) is 4.79 Å². The molecule has 3 fully saturated rings. The monoisotopic (exact) mass is 392 g/mol. The van der Waals surface area contributed by atoms with E-state index in [4.69, 9.17) is 0 Å². The van der Waals surface area contributed by atoms with Crippen molar-refractivity contribution in [3.63, 3.8) is 0 Å². The summed E-state index contributed by atoms with van der Waals surface area (Å²) >= 11 is 0. The van der Waals surface area contributed by atoms with Crippen LogP contribution >= 0.6 is 0 Å². The number of amides is 1.